The molecule has 0 amide bonds. The SMILES string of the molecule is CC(=O)CCCCC(=O)CCCCCCCCCCOO. The average molecular weight is 300 g/mol. The third-order valence-electron chi connectivity index (χ3n) is 3.68. The van der Waals surface area contributed by atoms with E-state index in [9.17, 15) is 9.59 Å². The molecule has 21 heavy (non-hydrogen) atoms. The molecule has 0 aliphatic rings. The van der Waals surface area contributed by atoms with Crippen molar-refractivity contribution in [1.82, 2.24) is 0 Å². The predicted molar refractivity (Wildman–Crippen MR) is 84.3 cm³/mol. The molecule has 0 fully saturated rings. The van der Waals surface area contributed by atoms with Crippen LogP contribution in [0.4, 0.5) is 0 Å². The molecular weight excluding hydrogens is 268 g/mol. The van der Waals surface area contributed by atoms with Crippen LogP contribution in [-0.2, 0) is 14.5 Å². The number of hydrogen-bond donors (Lipinski definition) is 1. The van der Waals surface area contributed by atoms with Crippen LogP contribution in [0.1, 0.15) is 90.4 Å². The second kappa shape index (κ2) is 15.6. The van der Waals surface area contributed by atoms with Gasteiger partial charge in [0.25, 0.3) is 0 Å². The topological polar surface area (TPSA) is 63.6 Å². The second-order valence-electron chi connectivity index (χ2n) is 5.86. The maximum Gasteiger partial charge on any atom is 0.132 e. The highest BCUT2D eigenvalue weighted by molar-refractivity contribution is 5.78. The molecule has 0 rings (SSSR count). The van der Waals surface area contributed by atoms with Crippen LogP contribution in [-0.4, -0.2) is 23.4 Å². The highest BCUT2D eigenvalue weighted by Gasteiger charge is 2.02. The molecule has 4 nitrogen and oxygen atoms in total. The monoisotopic (exact) mass is 300 g/mol. The molecule has 0 unspecified atom stereocenters. The number of carbonyl (C=O) groups excluding carboxylic acids is 2. The molecule has 124 valence electrons. The van der Waals surface area contributed by atoms with Crippen LogP contribution >= 0.6 is 0 Å². The average Bonchev–Trinajstić information content (AvgIpc) is 2.45. The summed E-state index contributed by atoms with van der Waals surface area (Å²) in [4.78, 5) is 26.4. The van der Waals surface area contributed by atoms with Crippen LogP contribution in [0.5, 0.6) is 0 Å². The normalized spacial score (nSPS) is 10.8. The summed E-state index contributed by atoms with van der Waals surface area (Å²) in [6.45, 7) is 2.04. The summed E-state index contributed by atoms with van der Waals surface area (Å²) < 4.78 is 0. The van der Waals surface area contributed by atoms with E-state index in [1.165, 1.54) is 25.7 Å². The maximum atomic E-state index is 11.6. The Morgan fingerprint density at radius 2 is 1.14 bits per heavy atom. The van der Waals surface area contributed by atoms with Crippen LogP contribution in [0.3, 0.4) is 0 Å². The van der Waals surface area contributed by atoms with E-state index >= 15 is 0 Å². The van der Waals surface area contributed by atoms with Crippen LogP contribution < -0.4 is 0 Å². The standard InChI is InChI=1S/C17H32O4/c1-16(18)12-9-10-14-17(19)13-8-6-4-2-3-5-7-11-15-21-20/h20H,2-15H2,1H3. The lowest BCUT2D eigenvalue weighted by molar-refractivity contribution is -0.242. The smallest absolute Gasteiger partial charge is 0.132 e. The molecule has 0 aliphatic heterocycles. The summed E-state index contributed by atoms with van der Waals surface area (Å²) >= 11 is 0. The molecule has 0 radical (unpaired) electrons. The molecular formula is C17H32O4. The van der Waals surface area contributed by atoms with Crippen molar-refractivity contribution in [2.45, 2.75) is 90.4 Å². The number of Topliss-reactive ketones (excluding diaryl/α,β-unsaturated/α-hetero) is 2. The lowest BCUT2D eigenvalue weighted by atomic mass is 10.0. The first kappa shape index (κ1) is 20.3. The van der Waals surface area contributed by atoms with Crippen molar-refractivity contribution in [1.29, 1.82) is 0 Å². The highest BCUT2D eigenvalue weighted by Crippen LogP contribution is 2.11. The van der Waals surface area contributed by atoms with Gasteiger partial charge in [-0.2, -0.15) is 0 Å². The third kappa shape index (κ3) is 17.2. The molecule has 1 N–H and O–H groups in total. The van der Waals surface area contributed by atoms with E-state index in [0.29, 0.717) is 31.7 Å². The van der Waals surface area contributed by atoms with Gasteiger partial charge in [0.05, 0.1) is 6.61 Å². The fourth-order valence-corrected chi connectivity index (χ4v) is 2.37. The molecule has 0 saturated heterocycles. The molecule has 0 aromatic heterocycles. The van der Waals surface area contributed by atoms with Gasteiger partial charge >= 0.3 is 0 Å². The predicted octanol–water partition coefficient (Wildman–Crippen LogP) is 4.71. The van der Waals surface area contributed by atoms with Crippen molar-refractivity contribution in [3.8, 4) is 0 Å². The quantitative estimate of drug-likeness (QED) is 0.255. The number of rotatable bonds is 16. The molecule has 0 atom stereocenters. The zero-order valence-corrected chi connectivity index (χ0v) is 13.6. The first-order chi connectivity index (χ1) is 10.2. The number of hydrogen-bond acceptors (Lipinski definition) is 4. The summed E-state index contributed by atoms with van der Waals surface area (Å²) in [6.07, 6.45) is 12.7. The maximum absolute atomic E-state index is 11.6. The van der Waals surface area contributed by atoms with Gasteiger partial charge < -0.3 is 4.79 Å². The van der Waals surface area contributed by atoms with Crippen LogP contribution in [0, 0.1) is 0 Å². The van der Waals surface area contributed by atoms with Gasteiger partial charge in [-0.1, -0.05) is 38.5 Å². The molecule has 4 heteroatoms. The minimum atomic E-state index is 0.214. The summed E-state index contributed by atoms with van der Waals surface area (Å²) in [7, 11) is 0. The van der Waals surface area contributed by atoms with E-state index in [1.54, 1.807) is 6.92 Å². The van der Waals surface area contributed by atoms with Crippen LogP contribution in [0.2, 0.25) is 0 Å². The molecule has 0 spiro atoms. The zero-order chi connectivity index (χ0) is 15.8. The Morgan fingerprint density at radius 1 is 0.714 bits per heavy atom. The highest BCUT2D eigenvalue weighted by atomic mass is 17.1. The summed E-state index contributed by atoms with van der Waals surface area (Å²) in [6, 6.07) is 0. The van der Waals surface area contributed by atoms with Gasteiger partial charge in [0.15, 0.2) is 0 Å². The van der Waals surface area contributed by atoms with Crippen molar-refractivity contribution in [3.05, 3.63) is 0 Å². The minimum absolute atomic E-state index is 0.214. The Labute approximate surface area is 129 Å². The van der Waals surface area contributed by atoms with E-state index in [4.69, 9.17) is 5.26 Å². The Hall–Kier alpha value is -0.740. The number of carbonyl (C=O) groups is 2. The Kier molecular flexibility index (Phi) is 15.1. The minimum Gasteiger partial charge on any atom is -0.300 e. The van der Waals surface area contributed by atoms with Gasteiger partial charge in [-0.15, -0.1) is 0 Å². The van der Waals surface area contributed by atoms with Crippen LogP contribution in [0.15, 0.2) is 0 Å². The van der Waals surface area contributed by atoms with Gasteiger partial charge in [-0.25, -0.2) is 4.89 Å². The first-order valence-corrected chi connectivity index (χ1v) is 8.44. The van der Waals surface area contributed by atoms with E-state index in [0.717, 1.165) is 38.5 Å². The lowest BCUT2D eigenvalue weighted by Gasteiger charge is -2.02. The number of ketones is 2. The molecule has 0 saturated carbocycles. The van der Waals surface area contributed by atoms with Crippen molar-refractivity contribution in [3.63, 3.8) is 0 Å². The molecule has 0 aromatic carbocycles. The second-order valence-corrected chi connectivity index (χ2v) is 5.86. The van der Waals surface area contributed by atoms with Crippen molar-refractivity contribution in [2.24, 2.45) is 0 Å². The zero-order valence-electron chi connectivity index (χ0n) is 13.6. The fraction of sp³-hybridized carbons (Fsp3) is 0.882. The van der Waals surface area contributed by atoms with Crippen molar-refractivity contribution >= 4 is 11.6 Å². The Balaban J connectivity index is 3.16. The molecule has 0 aliphatic carbocycles. The van der Waals surface area contributed by atoms with Crippen molar-refractivity contribution < 1.29 is 19.7 Å². The van der Waals surface area contributed by atoms with Gasteiger partial charge in [0.1, 0.15) is 11.6 Å². The van der Waals surface area contributed by atoms with Gasteiger partial charge in [-0.05, 0) is 32.6 Å². The largest absolute Gasteiger partial charge is 0.300 e. The molecule has 0 bridgehead atoms. The van der Waals surface area contributed by atoms with Gasteiger partial charge in [0.2, 0.25) is 0 Å². The first-order valence-electron chi connectivity index (χ1n) is 8.44. The lowest BCUT2D eigenvalue weighted by Crippen LogP contribution is -1.98. The Bertz CT molecular complexity index is 264. The van der Waals surface area contributed by atoms with Crippen molar-refractivity contribution in [2.75, 3.05) is 6.61 Å². The molecule has 0 aromatic rings. The van der Waals surface area contributed by atoms with E-state index < -0.39 is 0 Å². The van der Waals surface area contributed by atoms with Crippen LogP contribution in [0.25, 0.3) is 0 Å². The van der Waals surface area contributed by atoms with E-state index in [-0.39, 0.29) is 5.78 Å². The summed E-state index contributed by atoms with van der Waals surface area (Å²) in [5.74, 6) is 0.564. The van der Waals surface area contributed by atoms with E-state index in [1.807, 2.05) is 0 Å². The Morgan fingerprint density at radius 3 is 1.67 bits per heavy atom. The number of unbranched alkanes of at least 4 members (excludes halogenated alkanes) is 8. The van der Waals surface area contributed by atoms with Gasteiger partial charge in [0, 0.05) is 19.3 Å². The summed E-state index contributed by atoms with van der Waals surface area (Å²) in [5.41, 5.74) is 0. The summed E-state index contributed by atoms with van der Waals surface area (Å²) in [5, 5.41) is 8.16. The van der Waals surface area contributed by atoms with E-state index in [2.05, 4.69) is 4.89 Å². The van der Waals surface area contributed by atoms with Gasteiger partial charge in [-0.3, -0.25) is 10.1 Å². The third-order valence-corrected chi connectivity index (χ3v) is 3.68. The fourth-order valence-electron chi connectivity index (χ4n) is 2.37. The molecule has 0 heterocycles.